The number of aromatic nitrogens is 3. The first-order valence-corrected chi connectivity index (χ1v) is 12.1. The Morgan fingerprint density at radius 3 is 2.48 bits per heavy atom. The molecule has 3 heterocycles. The van der Waals surface area contributed by atoms with Crippen molar-refractivity contribution in [3.8, 4) is 5.69 Å². The van der Waals surface area contributed by atoms with Gasteiger partial charge in [0, 0.05) is 26.2 Å². The van der Waals surface area contributed by atoms with Gasteiger partial charge in [-0.2, -0.15) is 0 Å². The van der Waals surface area contributed by atoms with Crippen molar-refractivity contribution in [1.82, 2.24) is 19.7 Å². The highest BCUT2D eigenvalue weighted by atomic mass is 32.2. The maximum absolute atomic E-state index is 13.2. The van der Waals surface area contributed by atoms with Gasteiger partial charge in [-0.25, -0.2) is 0 Å². The van der Waals surface area contributed by atoms with E-state index in [1.54, 1.807) is 0 Å². The van der Waals surface area contributed by atoms with E-state index in [-0.39, 0.29) is 11.2 Å². The molecule has 2 aromatic rings. The number of nitrogens with zero attached hydrogens (tertiary/aromatic N) is 5. The second-order valence-corrected chi connectivity index (χ2v) is 10.3. The van der Waals surface area contributed by atoms with Crippen LogP contribution in [-0.4, -0.2) is 70.2 Å². The van der Waals surface area contributed by atoms with Crippen LogP contribution in [-0.2, 0) is 9.53 Å². The Hall–Kier alpha value is -2.06. The van der Waals surface area contributed by atoms with E-state index >= 15 is 0 Å². The van der Waals surface area contributed by atoms with E-state index in [0.717, 1.165) is 48.5 Å². The number of hydrogen-bond donors (Lipinski definition) is 0. The Kier molecular flexibility index (Phi) is 6.86. The summed E-state index contributed by atoms with van der Waals surface area (Å²) in [5.74, 6) is 2.11. The molecule has 3 atom stereocenters. The molecule has 4 rings (SSSR count). The number of para-hydroxylation sites is 1. The minimum Gasteiger partial charge on any atom is -0.378 e. The average molecular weight is 444 g/mol. The van der Waals surface area contributed by atoms with Crippen molar-refractivity contribution in [2.45, 2.75) is 44.5 Å². The lowest BCUT2D eigenvalue weighted by molar-refractivity contribution is -0.132. The molecule has 0 aliphatic carbocycles. The molecule has 7 nitrogen and oxygen atoms in total. The van der Waals surface area contributed by atoms with Crippen LogP contribution in [0, 0.1) is 18.8 Å². The summed E-state index contributed by atoms with van der Waals surface area (Å²) in [4.78, 5) is 17.5. The zero-order valence-electron chi connectivity index (χ0n) is 19.0. The van der Waals surface area contributed by atoms with Crippen LogP contribution in [0.5, 0.6) is 0 Å². The quantitative estimate of drug-likeness (QED) is 0.660. The van der Waals surface area contributed by atoms with Gasteiger partial charge in [-0.3, -0.25) is 9.36 Å². The van der Waals surface area contributed by atoms with Crippen molar-refractivity contribution >= 4 is 23.6 Å². The molecule has 0 spiro atoms. The highest BCUT2D eigenvalue weighted by molar-refractivity contribution is 8.00. The number of carbonyl (C=O) groups excluding carboxylic acids is 1. The van der Waals surface area contributed by atoms with Crippen LogP contribution in [0.25, 0.3) is 5.69 Å². The van der Waals surface area contributed by atoms with Crippen LogP contribution in [0.1, 0.15) is 32.8 Å². The molecule has 0 N–H and O–H groups in total. The van der Waals surface area contributed by atoms with Gasteiger partial charge in [-0.1, -0.05) is 43.8 Å². The SMILES string of the molecule is Cc1ccccc1-n1c(SC(C)C(=O)N2CC(C)CC(C)C2)nnc1N1CCOCC1. The van der Waals surface area contributed by atoms with Crippen molar-refractivity contribution in [3.05, 3.63) is 29.8 Å². The molecular weight excluding hydrogens is 410 g/mol. The normalized spacial score (nSPS) is 23.1. The summed E-state index contributed by atoms with van der Waals surface area (Å²) in [5.41, 5.74) is 2.20. The number of thioether (sulfide) groups is 1. The summed E-state index contributed by atoms with van der Waals surface area (Å²) < 4.78 is 7.63. The van der Waals surface area contributed by atoms with Crippen LogP contribution in [0.4, 0.5) is 5.95 Å². The fraction of sp³-hybridized carbons (Fsp3) is 0.609. The number of likely N-dealkylation sites (tertiary alicyclic amines) is 1. The standard InChI is InChI=1S/C23H33N5O2S/c1-16-13-17(2)15-27(14-16)21(29)19(4)31-23-25-24-22(26-9-11-30-12-10-26)28(23)20-8-6-5-7-18(20)3/h5-8,16-17,19H,9-15H2,1-4H3. The summed E-state index contributed by atoms with van der Waals surface area (Å²) in [5, 5.41) is 9.61. The molecule has 0 bridgehead atoms. The molecule has 1 aromatic heterocycles. The van der Waals surface area contributed by atoms with E-state index in [2.05, 4.69) is 52.6 Å². The highest BCUT2D eigenvalue weighted by Crippen LogP contribution is 2.32. The fourth-order valence-corrected chi connectivity index (χ4v) is 5.58. The molecule has 2 saturated heterocycles. The van der Waals surface area contributed by atoms with Gasteiger partial charge in [-0.05, 0) is 43.7 Å². The number of morpholine rings is 1. The molecule has 168 valence electrons. The summed E-state index contributed by atoms with van der Waals surface area (Å²) in [6.07, 6.45) is 1.19. The number of hydrogen-bond acceptors (Lipinski definition) is 6. The van der Waals surface area contributed by atoms with E-state index in [4.69, 9.17) is 4.74 Å². The third-order valence-corrected chi connectivity index (χ3v) is 7.11. The molecular formula is C23H33N5O2S. The molecule has 0 radical (unpaired) electrons. The highest BCUT2D eigenvalue weighted by Gasteiger charge is 2.31. The number of rotatable bonds is 5. The molecule has 2 fully saturated rings. The van der Waals surface area contributed by atoms with Gasteiger partial charge >= 0.3 is 0 Å². The van der Waals surface area contributed by atoms with E-state index in [1.165, 1.54) is 18.2 Å². The number of aryl methyl sites for hydroxylation is 1. The largest absolute Gasteiger partial charge is 0.378 e. The van der Waals surface area contributed by atoms with Gasteiger partial charge in [-0.15, -0.1) is 10.2 Å². The molecule has 0 saturated carbocycles. The van der Waals surface area contributed by atoms with Gasteiger partial charge in [0.2, 0.25) is 11.9 Å². The molecule has 31 heavy (non-hydrogen) atoms. The third-order valence-electron chi connectivity index (χ3n) is 6.08. The first-order chi connectivity index (χ1) is 14.9. The molecule has 3 unspecified atom stereocenters. The van der Waals surface area contributed by atoms with Gasteiger partial charge in [0.1, 0.15) is 0 Å². The summed E-state index contributed by atoms with van der Waals surface area (Å²) in [6.45, 7) is 13.2. The van der Waals surface area contributed by atoms with Gasteiger partial charge in [0.25, 0.3) is 0 Å². The molecule has 2 aliphatic rings. The first-order valence-electron chi connectivity index (χ1n) is 11.2. The van der Waals surface area contributed by atoms with Crippen molar-refractivity contribution in [2.75, 3.05) is 44.3 Å². The fourth-order valence-electron chi connectivity index (χ4n) is 4.64. The lowest BCUT2D eigenvalue weighted by atomic mass is 9.92. The number of anilines is 1. The van der Waals surface area contributed by atoms with Crippen molar-refractivity contribution < 1.29 is 9.53 Å². The number of amides is 1. The van der Waals surface area contributed by atoms with Crippen LogP contribution in [0.3, 0.4) is 0 Å². The summed E-state index contributed by atoms with van der Waals surface area (Å²) in [7, 11) is 0. The van der Waals surface area contributed by atoms with Crippen molar-refractivity contribution in [3.63, 3.8) is 0 Å². The first kappa shape index (κ1) is 22.1. The number of piperidine rings is 1. The number of benzene rings is 1. The zero-order chi connectivity index (χ0) is 22.0. The zero-order valence-corrected chi connectivity index (χ0v) is 19.8. The molecule has 8 heteroatoms. The van der Waals surface area contributed by atoms with Crippen molar-refractivity contribution in [1.29, 1.82) is 0 Å². The second-order valence-electron chi connectivity index (χ2n) is 8.95. The smallest absolute Gasteiger partial charge is 0.235 e. The summed E-state index contributed by atoms with van der Waals surface area (Å²) >= 11 is 1.50. The minimum absolute atomic E-state index is 0.190. The lowest BCUT2D eigenvalue weighted by Crippen LogP contribution is -2.45. The molecule has 2 aliphatic heterocycles. The third kappa shape index (κ3) is 4.90. The van der Waals surface area contributed by atoms with Crippen LogP contribution in [0.2, 0.25) is 0 Å². The topological polar surface area (TPSA) is 63.5 Å². The predicted molar refractivity (Wildman–Crippen MR) is 124 cm³/mol. The number of ether oxygens (including phenoxy) is 1. The Balaban J connectivity index is 1.61. The van der Waals surface area contributed by atoms with Gasteiger partial charge < -0.3 is 14.5 Å². The van der Waals surface area contributed by atoms with Gasteiger partial charge in [0.05, 0.1) is 24.2 Å². The summed E-state index contributed by atoms with van der Waals surface area (Å²) in [6, 6.07) is 8.26. The minimum atomic E-state index is -0.220. The maximum Gasteiger partial charge on any atom is 0.235 e. The van der Waals surface area contributed by atoms with Crippen LogP contribution in [0.15, 0.2) is 29.4 Å². The number of carbonyl (C=O) groups is 1. The Morgan fingerprint density at radius 2 is 1.81 bits per heavy atom. The van der Waals surface area contributed by atoms with E-state index in [0.29, 0.717) is 25.0 Å². The van der Waals surface area contributed by atoms with E-state index < -0.39 is 0 Å². The second kappa shape index (κ2) is 9.61. The Morgan fingerprint density at radius 1 is 1.13 bits per heavy atom. The molecule has 1 aromatic carbocycles. The maximum atomic E-state index is 13.2. The Bertz CT molecular complexity index is 901. The average Bonchev–Trinajstić information content (AvgIpc) is 3.16. The monoisotopic (exact) mass is 443 g/mol. The van der Waals surface area contributed by atoms with E-state index in [9.17, 15) is 4.79 Å². The predicted octanol–water partition coefficient (Wildman–Crippen LogP) is 3.40. The van der Waals surface area contributed by atoms with Gasteiger partial charge in [0.15, 0.2) is 5.16 Å². The molecule has 1 amide bonds. The van der Waals surface area contributed by atoms with Crippen LogP contribution >= 0.6 is 11.8 Å². The van der Waals surface area contributed by atoms with E-state index in [1.807, 2.05) is 24.0 Å². The Labute approximate surface area is 189 Å². The van der Waals surface area contributed by atoms with Crippen molar-refractivity contribution in [2.24, 2.45) is 11.8 Å². The van der Waals surface area contributed by atoms with Crippen LogP contribution < -0.4 is 4.90 Å². The lowest BCUT2D eigenvalue weighted by Gasteiger charge is -2.36.